The molecule has 1 saturated heterocycles. The molecule has 0 saturated carbocycles. The van der Waals surface area contributed by atoms with E-state index >= 15 is 0 Å². The zero-order chi connectivity index (χ0) is 11.7. The number of hydrogen-bond donors (Lipinski definition) is 0. The average Bonchev–Trinajstić information content (AvgIpc) is 3.08. The monoisotopic (exact) mass is 223 g/mol. The van der Waals surface area contributed by atoms with Crippen molar-refractivity contribution in [1.29, 1.82) is 0 Å². The van der Waals surface area contributed by atoms with Gasteiger partial charge < -0.3 is 9.47 Å². The van der Waals surface area contributed by atoms with Crippen LogP contribution in [0.25, 0.3) is 0 Å². The maximum atomic E-state index is 11.1. The van der Waals surface area contributed by atoms with Crippen LogP contribution in [0.5, 0.6) is 0 Å². The minimum absolute atomic E-state index is 0.0130. The van der Waals surface area contributed by atoms with E-state index in [1.165, 1.54) is 19.2 Å². The number of carbonyl (C=O) groups is 1. The van der Waals surface area contributed by atoms with E-state index in [0.29, 0.717) is 0 Å². The zero-order valence-electron chi connectivity index (χ0n) is 8.45. The topological polar surface area (TPSA) is 82.0 Å². The highest BCUT2D eigenvalue weighted by Gasteiger charge is 2.47. The number of nitro groups is 1. The van der Waals surface area contributed by atoms with Crippen molar-refractivity contribution in [3.63, 3.8) is 0 Å². The predicted molar refractivity (Wildman–Crippen MR) is 52.7 cm³/mol. The highest BCUT2D eigenvalue weighted by atomic mass is 16.6. The van der Waals surface area contributed by atoms with Gasteiger partial charge in [0.05, 0.1) is 12.0 Å². The third kappa shape index (κ3) is 1.87. The van der Waals surface area contributed by atoms with Crippen molar-refractivity contribution < 1.29 is 19.2 Å². The number of nitrogens with zero attached hydrogens (tertiary/aromatic N) is 1. The van der Waals surface area contributed by atoms with Gasteiger partial charge in [0.15, 0.2) is 6.10 Å². The Hall–Kier alpha value is -1.95. The summed E-state index contributed by atoms with van der Waals surface area (Å²) in [4.78, 5) is 21.0. The van der Waals surface area contributed by atoms with Crippen LogP contribution in [0.3, 0.4) is 0 Å². The van der Waals surface area contributed by atoms with Crippen LogP contribution in [0.1, 0.15) is 11.7 Å². The maximum absolute atomic E-state index is 11.1. The Morgan fingerprint density at radius 1 is 1.44 bits per heavy atom. The molecular weight excluding hydrogens is 214 g/mol. The van der Waals surface area contributed by atoms with Gasteiger partial charge in [-0.1, -0.05) is 0 Å². The van der Waals surface area contributed by atoms with E-state index in [1.807, 2.05) is 0 Å². The minimum atomic E-state index is -0.577. The first kappa shape index (κ1) is 10.6. The van der Waals surface area contributed by atoms with E-state index in [0.717, 1.165) is 5.56 Å². The fourth-order valence-electron chi connectivity index (χ4n) is 1.45. The summed E-state index contributed by atoms with van der Waals surface area (Å²) in [6.07, 6.45) is -0.917. The second-order valence-electron chi connectivity index (χ2n) is 3.35. The van der Waals surface area contributed by atoms with Gasteiger partial charge in [-0.2, -0.15) is 0 Å². The molecular formula is C10H9NO5. The lowest BCUT2D eigenvalue weighted by molar-refractivity contribution is -0.384. The molecule has 0 amide bonds. The van der Waals surface area contributed by atoms with Crippen LogP contribution < -0.4 is 0 Å². The Balaban J connectivity index is 2.07. The normalized spacial score (nSPS) is 22.6. The largest absolute Gasteiger partial charge is 0.467 e. The molecule has 1 fully saturated rings. The number of hydrogen-bond acceptors (Lipinski definition) is 5. The number of epoxide rings is 1. The van der Waals surface area contributed by atoms with Gasteiger partial charge >= 0.3 is 5.97 Å². The summed E-state index contributed by atoms with van der Waals surface area (Å²) in [5, 5.41) is 10.4. The van der Waals surface area contributed by atoms with Crippen LogP contribution >= 0.6 is 0 Å². The molecule has 2 unspecified atom stereocenters. The Labute approximate surface area is 90.9 Å². The maximum Gasteiger partial charge on any atom is 0.338 e. The molecule has 1 heterocycles. The Morgan fingerprint density at radius 3 is 2.56 bits per heavy atom. The molecule has 1 aromatic rings. The van der Waals surface area contributed by atoms with Crippen molar-refractivity contribution in [1.82, 2.24) is 0 Å². The van der Waals surface area contributed by atoms with Crippen LogP contribution in [-0.2, 0) is 14.3 Å². The van der Waals surface area contributed by atoms with Crippen LogP contribution in [-0.4, -0.2) is 24.1 Å². The fraction of sp³-hybridized carbons (Fsp3) is 0.300. The molecule has 2 atom stereocenters. The molecule has 16 heavy (non-hydrogen) atoms. The third-order valence-electron chi connectivity index (χ3n) is 2.36. The first-order valence-electron chi connectivity index (χ1n) is 4.61. The highest BCUT2D eigenvalue weighted by Crippen LogP contribution is 2.39. The lowest BCUT2D eigenvalue weighted by atomic mass is 10.1. The lowest BCUT2D eigenvalue weighted by Crippen LogP contribution is -2.09. The standard InChI is InChI=1S/C10H9NO5/c1-15-10(12)9-8(16-9)6-2-4-7(5-3-6)11(13)14/h2-5,8-9H,1H3. The van der Waals surface area contributed by atoms with E-state index in [1.54, 1.807) is 12.1 Å². The minimum Gasteiger partial charge on any atom is -0.467 e. The molecule has 84 valence electrons. The second kappa shape index (κ2) is 3.90. The number of benzene rings is 1. The van der Waals surface area contributed by atoms with Crippen molar-refractivity contribution in [2.24, 2.45) is 0 Å². The third-order valence-corrected chi connectivity index (χ3v) is 2.36. The summed E-state index contributed by atoms with van der Waals surface area (Å²) >= 11 is 0. The summed E-state index contributed by atoms with van der Waals surface area (Å²) in [6.45, 7) is 0. The predicted octanol–water partition coefficient (Wildman–Crippen LogP) is 1.21. The van der Waals surface area contributed by atoms with Crippen LogP contribution in [0.4, 0.5) is 5.69 Å². The first-order valence-corrected chi connectivity index (χ1v) is 4.61. The highest BCUT2D eigenvalue weighted by molar-refractivity contribution is 5.78. The summed E-state index contributed by atoms with van der Waals surface area (Å²) in [5.41, 5.74) is 0.750. The Morgan fingerprint density at radius 2 is 2.06 bits per heavy atom. The van der Waals surface area contributed by atoms with Gasteiger partial charge in [0.1, 0.15) is 6.10 Å². The van der Waals surface area contributed by atoms with Crippen molar-refractivity contribution in [2.45, 2.75) is 12.2 Å². The molecule has 0 aromatic heterocycles. The van der Waals surface area contributed by atoms with E-state index in [4.69, 9.17) is 4.74 Å². The molecule has 0 radical (unpaired) electrons. The van der Waals surface area contributed by atoms with Crippen molar-refractivity contribution in [3.8, 4) is 0 Å². The van der Waals surface area contributed by atoms with Gasteiger partial charge in [-0.25, -0.2) is 4.79 Å². The Kier molecular flexibility index (Phi) is 2.57. The van der Waals surface area contributed by atoms with Gasteiger partial charge in [-0.3, -0.25) is 10.1 Å². The SMILES string of the molecule is COC(=O)C1OC1c1ccc([N+](=O)[O-])cc1. The van der Waals surface area contributed by atoms with Gasteiger partial charge in [0, 0.05) is 12.1 Å². The molecule has 1 aliphatic heterocycles. The second-order valence-corrected chi connectivity index (χ2v) is 3.35. The van der Waals surface area contributed by atoms with Crippen molar-refractivity contribution >= 4 is 11.7 Å². The van der Waals surface area contributed by atoms with Gasteiger partial charge in [0.25, 0.3) is 5.69 Å². The summed E-state index contributed by atoms with van der Waals surface area (Å²) in [6, 6.07) is 5.91. The Bertz CT molecular complexity index is 427. The fourth-order valence-corrected chi connectivity index (χ4v) is 1.45. The number of ether oxygens (including phenoxy) is 2. The molecule has 1 aromatic carbocycles. The van der Waals surface area contributed by atoms with Crippen molar-refractivity contribution in [2.75, 3.05) is 7.11 Å². The first-order chi connectivity index (χ1) is 7.63. The molecule has 0 aliphatic carbocycles. The molecule has 0 spiro atoms. The quantitative estimate of drug-likeness (QED) is 0.333. The number of methoxy groups -OCH3 is 1. The lowest BCUT2D eigenvalue weighted by Gasteiger charge is -1.95. The van der Waals surface area contributed by atoms with Crippen LogP contribution in [0.2, 0.25) is 0 Å². The van der Waals surface area contributed by atoms with Crippen molar-refractivity contribution in [3.05, 3.63) is 39.9 Å². The zero-order valence-corrected chi connectivity index (χ0v) is 8.45. The van der Waals surface area contributed by atoms with Gasteiger partial charge in [-0.15, -0.1) is 0 Å². The van der Waals surface area contributed by atoms with E-state index in [9.17, 15) is 14.9 Å². The van der Waals surface area contributed by atoms with Gasteiger partial charge in [-0.05, 0) is 17.7 Å². The summed E-state index contributed by atoms with van der Waals surface area (Å²) in [7, 11) is 1.29. The number of non-ortho nitro benzene ring substituents is 1. The smallest absolute Gasteiger partial charge is 0.338 e. The molecule has 6 heteroatoms. The molecule has 2 rings (SSSR count). The average molecular weight is 223 g/mol. The number of nitro benzene ring substituents is 1. The van der Waals surface area contributed by atoms with E-state index in [-0.39, 0.29) is 11.8 Å². The van der Waals surface area contributed by atoms with Crippen LogP contribution in [0, 0.1) is 10.1 Å². The molecule has 0 N–H and O–H groups in total. The van der Waals surface area contributed by atoms with E-state index < -0.39 is 17.0 Å². The van der Waals surface area contributed by atoms with Gasteiger partial charge in [0.2, 0.25) is 0 Å². The summed E-state index contributed by atoms with van der Waals surface area (Å²) < 4.78 is 9.63. The van der Waals surface area contributed by atoms with E-state index in [2.05, 4.69) is 4.74 Å². The van der Waals surface area contributed by atoms with Crippen LogP contribution in [0.15, 0.2) is 24.3 Å². The number of rotatable bonds is 3. The number of carbonyl (C=O) groups excluding carboxylic acids is 1. The summed E-state index contributed by atoms with van der Waals surface area (Å²) in [5.74, 6) is -0.427. The molecule has 1 aliphatic rings. The number of esters is 1. The molecule has 6 nitrogen and oxygen atoms in total. The molecule has 0 bridgehead atoms.